The fourth-order valence-electron chi connectivity index (χ4n) is 2.32. The first-order valence-electron chi connectivity index (χ1n) is 5.69. The van der Waals surface area contributed by atoms with Crippen LogP contribution in [0.15, 0.2) is 24.3 Å². The van der Waals surface area contributed by atoms with Crippen LogP contribution < -0.4 is 5.73 Å². The van der Waals surface area contributed by atoms with Crippen LogP contribution in [-0.4, -0.2) is 17.8 Å². The fraction of sp³-hybridized carbons (Fsp3) is 0.538. The van der Waals surface area contributed by atoms with Crippen LogP contribution in [0.5, 0.6) is 0 Å². The predicted molar refractivity (Wildman–Crippen MR) is 63.7 cm³/mol. The van der Waals surface area contributed by atoms with Crippen molar-refractivity contribution < 1.29 is 9.50 Å². The summed E-state index contributed by atoms with van der Waals surface area (Å²) in [6.45, 7) is 4.07. The van der Waals surface area contributed by atoms with Gasteiger partial charge in [-0.3, -0.25) is 0 Å². The van der Waals surface area contributed by atoms with Crippen molar-refractivity contribution in [2.24, 2.45) is 5.73 Å². The van der Waals surface area contributed by atoms with Gasteiger partial charge in [-0.15, -0.1) is 0 Å². The highest BCUT2D eigenvalue weighted by Crippen LogP contribution is 2.34. The molecule has 90 valence electrons. The molecule has 1 rings (SSSR count). The van der Waals surface area contributed by atoms with Crippen molar-refractivity contribution in [3.05, 3.63) is 35.6 Å². The average Bonchev–Trinajstić information content (AvgIpc) is 2.27. The molecule has 2 nitrogen and oxygen atoms in total. The summed E-state index contributed by atoms with van der Waals surface area (Å²) in [7, 11) is 0. The topological polar surface area (TPSA) is 46.2 Å². The molecule has 1 aromatic carbocycles. The van der Waals surface area contributed by atoms with Crippen molar-refractivity contribution in [1.29, 1.82) is 0 Å². The van der Waals surface area contributed by atoms with Gasteiger partial charge in [0.1, 0.15) is 5.82 Å². The first kappa shape index (κ1) is 13.1. The average molecular weight is 225 g/mol. The standard InChI is InChI=1S/C13H20FNO/c1-3-13(8-9-16,10(2)15)11-4-6-12(14)7-5-11/h4-7,10,16H,3,8-9,15H2,1-2H3. The minimum absolute atomic E-state index is 0.0740. The molecule has 2 atom stereocenters. The molecule has 0 amide bonds. The molecule has 1 aromatic rings. The van der Waals surface area contributed by atoms with E-state index < -0.39 is 0 Å². The van der Waals surface area contributed by atoms with Crippen LogP contribution in [0.1, 0.15) is 32.3 Å². The molecule has 0 aliphatic rings. The Balaban J connectivity index is 3.13. The normalized spacial score (nSPS) is 16.8. The summed E-state index contributed by atoms with van der Waals surface area (Å²) >= 11 is 0. The van der Waals surface area contributed by atoms with Crippen LogP contribution in [0, 0.1) is 5.82 Å². The van der Waals surface area contributed by atoms with Gasteiger partial charge < -0.3 is 10.8 Å². The highest BCUT2D eigenvalue weighted by Gasteiger charge is 2.33. The van der Waals surface area contributed by atoms with E-state index in [9.17, 15) is 4.39 Å². The summed E-state index contributed by atoms with van der Waals surface area (Å²) in [5.74, 6) is -0.248. The molecule has 3 heteroatoms. The number of rotatable bonds is 5. The van der Waals surface area contributed by atoms with E-state index in [0.717, 1.165) is 12.0 Å². The van der Waals surface area contributed by atoms with Crippen LogP contribution >= 0.6 is 0 Å². The van der Waals surface area contributed by atoms with Gasteiger partial charge >= 0.3 is 0 Å². The Morgan fingerprint density at radius 2 is 1.94 bits per heavy atom. The zero-order chi connectivity index (χ0) is 12.2. The first-order valence-corrected chi connectivity index (χ1v) is 5.69. The van der Waals surface area contributed by atoms with E-state index in [1.165, 1.54) is 12.1 Å². The van der Waals surface area contributed by atoms with E-state index in [4.69, 9.17) is 10.8 Å². The van der Waals surface area contributed by atoms with E-state index >= 15 is 0 Å². The molecule has 0 saturated carbocycles. The van der Waals surface area contributed by atoms with Gasteiger partial charge in [-0.2, -0.15) is 0 Å². The monoisotopic (exact) mass is 225 g/mol. The number of benzene rings is 1. The largest absolute Gasteiger partial charge is 0.396 e. The number of halogens is 1. The number of aliphatic hydroxyl groups excluding tert-OH is 1. The van der Waals surface area contributed by atoms with Crippen molar-refractivity contribution in [3.8, 4) is 0 Å². The lowest BCUT2D eigenvalue weighted by molar-refractivity contribution is 0.213. The van der Waals surface area contributed by atoms with E-state index in [2.05, 4.69) is 0 Å². The van der Waals surface area contributed by atoms with Gasteiger partial charge in [-0.1, -0.05) is 19.1 Å². The zero-order valence-corrected chi connectivity index (χ0v) is 9.91. The molecule has 0 aliphatic heterocycles. The first-order chi connectivity index (χ1) is 7.56. The smallest absolute Gasteiger partial charge is 0.123 e. The molecule has 3 N–H and O–H groups in total. The van der Waals surface area contributed by atoms with Gasteiger partial charge in [0, 0.05) is 18.1 Å². The van der Waals surface area contributed by atoms with Crippen LogP contribution in [0.4, 0.5) is 4.39 Å². The molecule has 2 unspecified atom stereocenters. The predicted octanol–water partition coefficient (Wildman–Crippen LogP) is 2.20. The Bertz CT molecular complexity index is 323. The maximum Gasteiger partial charge on any atom is 0.123 e. The number of hydrogen-bond donors (Lipinski definition) is 2. The summed E-state index contributed by atoms with van der Waals surface area (Å²) in [6.07, 6.45) is 1.43. The number of nitrogens with two attached hydrogens (primary N) is 1. The second-order valence-electron chi connectivity index (χ2n) is 4.28. The highest BCUT2D eigenvalue weighted by atomic mass is 19.1. The summed E-state index contributed by atoms with van der Waals surface area (Å²) in [5.41, 5.74) is 6.77. The Labute approximate surface area is 96.3 Å². The Hall–Kier alpha value is -0.930. The second kappa shape index (κ2) is 5.41. The minimum atomic E-state index is -0.261. The van der Waals surface area contributed by atoms with Gasteiger partial charge in [0.15, 0.2) is 0 Å². The minimum Gasteiger partial charge on any atom is -0.396 e. The molecule has 0 fully saturated rings. The van der Waals surface area contributed by atoms with Crippen LogP contribution in [0.25, 0.3) is 0 Å². The van der Waals surface area contributed by atoms with Gasteiger partial charge in [0.2, 0.25) is 0 Å². The lowest BCUT2D eigenvalue weighted by Gasteiger charge is -2.37. The summed E-state index contributed by atoms with van der Waals surface area (Å²) in [4.78, 5) is 0. The molecular weight excluding hydrogens is 205 g/mol. The Morgan fingerprint density at radius 1 is 1.38 bits per heavy atom. The Morgan fingerprint density at radius 3 is 2.31 bits per heavy atom. The molecular formula is C13H20FNO. The molecule has 16 heavy (non-hydrogen) atoms. The zero-order valence-electron chi connectivity index (χ0n) is 9.91. The van der Waals surface area contributed by atoms with Crippen LogP contribution in [-0.2, 0) is 5.41 Å². The van der Waals surface area contributed by atoms with E-state index in [1.807, 2.05) is 13.8 Å². The van der Waals surface area contributed by atoms with E-state index in [0.29, 0.717) is 6.42 Å². The number of aliphatic hydroxyl groups is 1. The quantitative estimate of drug-likeness (QED) is 0.807. The second-order valence-corrected chi connectivity index (χ2v) is 4.28. The van der Waals surface area contributed by atoms with E-state index in [1.54, 1.807) is 12.1 Å². The molecule has 0 spiro atoms. The van der Waals surface area contributed by atoms with Crippen molar-refractivity contribution in [3.63, 3.8) is 0 Å². The summed E-state index contributed by atoms with van der Waals surface area (Å²) < 4.78 is 12.9. The molecule has 0 heterocycles. The third-order valence-electron chi connectivity index (χ3n) is 3.48. The van der Waals surface area contributed by atoms with Gasteiger partial charge in [-0.05, 0) is 37.5 Å². The third kappa shape index (κ3) is 2.42. The van der Waals surface area contributed by atoms with Crippen molar-refractivity contribution >= 4 is 0 Å². The lowest BCUT2D eigenvalue weighted by Crippen LogP contribution is -2.43. The molecule has 0 radical (unpaired) electrons. The van der Waals surface area contributed by atoms with E-state index in [-0.39, 0.29) is 23.9 Å². The van der Waals surface area contributed by atoms with Gasteiger partial charge in [0.05, 0.1) is 0 Å². The molecule has 0 aromatic heterocycles. The summed E-state index contributed by atoms with van der Waals surface area (Å²) in [5, 5.41) is 9.17. The maximum atomic E-state index is 12.9. The fourth-order valence-corrected chi connectivity index (χ4v) is 2.32. The van der Waals surface area contributed by atoms with Gasteiger partial charge in [-0.25, -0.2) is 4.39 Å². The lowest BCUT2D eigenvalue weighted by atomic mass is 9.71. The SMILES string of the molecule is CCC(CCO)(c1ccc(F)cc1)C(C)N. The number of hydrogen-bond acceptors (Lipinski definition) is 2. The third-order valence-corrected chi connectivity index (χ3v) is 3.48. The van der Waals surface area contributed by atoms with Crippen molar-refractivity contribution in [2.75, 3.05) is 6.61 Å². The van der Waals surface area contributed by atoms with Crippen LogP contribution in [0.3, 0.4) is 0 Å². The van der Waals surface area contributed by atoms with Crippen molar-refractivity contribution in [1.82, 2.24) is 0 Å². The molecule has 0 aliphatic carbocycles. The molecule has 0 saturated heterocycles. The maximum absolute atomic E-state index is 12.9. The Kier molecular flexibility index (Phi) is 4.44. The van der Waals surface area contributed by atoms with Gasteiger partial charge in [0.25, 0.3) is 0 Å². The van der Waals surface area contributed by atoms with Crippen LogP contribution in [0.2, 0.25) is 0 Å². The highest BCUT2D eigenvalue weighted by molar-refractivity contribution is 5.28. The van der Waals surface area contributed by atoms with Crippen molar-refractivity contribution in [2.45, 2.75) is 38.1 Å². The molecule has 0 bridgehead atoms. The summed E-state index contributed by atoms with van der Waals surface area (Å²) in [6, 6.07) is 6.34.